The molecule has 0 aromatic carbocycles. The minimum absolute atomic E-state index is 0.151. The Bertz CT molecular complexity index is 859. The number of nitrogens with one attached hydrogen (secondary N) is 1. The van der Waals surface area contributed by atoms with Gasteiger partial charge in [0.15, 0.2) is 17.7 Å². The molecule has 6 N–H and O–H groups in total. The highest BCUT2D eigenvalue weighted by Gasteiger charge is 2.44. The van der Waals surface area contributed by atoms with Crippen molar-refractivity contribution in [1.82, 2.24) is 19.5 Å². The van der Waals surface area contributed by atoms with Crippen molar-refractivity contribution in [2.75, 3.05) is 17.8 Å². The zero-order valence-corrected chi connectivity index (χ0v) is 17.3. The van der Waals surface area contributed by atoms with Crippen LogP contribution in [0.4, 0.5) is 11.8 Å². The number of rotatable bonds is 10. The number of ether oxygens (including phenoxy) is 1. The first-order valence-electron chi connectivity index (χ1n) is 10.4. The lowest BCUT2D eigenvalue weighted by Gasteiger charge is -2.16. The quantitative estimate of drug-likeness (QED) is 0.278. The van der Waals surface area contributed by atoms with E-state index in [-0.39, 0.29) is 11.8 Å². The van der Waals surface area contributed by atoms with Crippen LogP contribution in [0.25, 0.3) is 11.2 Å². The molecule has 1 aliphatic rings. The second-order valence-electron chi connectivity index (χ2n) is 7.56. The predicted octanol–water partition coefficient (Wildman–Crippen LogP) is 1.02. The third-order valence-electron chi connectivity index (χ3n) is 5.48. The molecule has 3 heterocycles. The van der Waals surface area contributed by atoms with Gasteiger partial charge in [-0.1, -0.05) is 39.5 Å². The van der Waals surface area contributed by atoms with Gasteiger partial charge in [-0.3, -0.25) is 4.57 Å². The van der Waals surface area contributed by atoms with E-state index in [0.29, 0.717) is 17.1 Å². The summed E-state index contributed by atoms with van der Waals surface area (Å²) in [5.74, 6) is 0.932. The number of aromatic nitrogens is 4. The van der Waals surface area contributed by atoms with Gasteiger partial charge in [-0.2, -0.15) is 15.1 Å². The van der Waals surface area contributed by atoms with Gasteiger partial charge in [0, 0.05) is 6.21 Å². The van der Waals surface area contributed by atoms with Crippen molar-refractivity contribution in [3.8, 4) is 0 Å². The Morgan fingerprint density at radius 2 is 2.13 bits per heavy atom. The number of anilines is 2. The van der Waals surface area contributed by atoms with Gasteiger partial charge >= 0.3 is 0 Å². The van der Waals surface area contributed by atoms with Crippen LogP contribution in [0.1, 0.15) is 52.2 Å². The lowest BCUT2D eigenvalue weighted by atomic mass is 9.97. The molecule has 1 aliphatic heterocycles. The van der Waals surface area contributed by atoms with Crippen LogP contribution in [0.5, 0.6) is 0 Å². The number of nitrogens with two attached hydrogens (primary N) is 1. The highest BCUT2D eigenvalue weighted by atomic mass is 16.6. The van der Waals surface area contributed by atoms with E-state index in [1.165, 1.54) is 30.2 Å². The SMILES string of the molecule is CCCCC(CC)CC=NNc1nc(N)c2ncn([C@@H]3O[C@H](CO)C(O)C3O)c2n1. The van der Waals surface area contributed by atoms with Crippen molar-refractivity contribution in [3.05, 3.63) is 6.33 Å². The maximum atomic E-state index is 10.3. The van der Waals surface area contributed by atoms with E-state index in [0.717, 1.165) is 12.8 Å². The third kappa shape index (κ3) is 4.69. The second kappa shape index (κ2) is 10.1. The lowest BCUT2D eigenvalue weighted by Crippen LogP contribution is -2.33. The average molecular weight is 422 g/mol. The molecule has 1 saturated heterocycles. The summed E-state index contributed by atoms with van der Waals surface area (Å²) >= 11 is 0. The number of fused-ring (bicyclic) bond motifs is 1. The molecule has 0 bridgehead atoms. The molecule has 0 saturated carbocycles. The van der Waals surface area contributed by atoms with Gasteiger partial charge < -0.3 is 25.8 Å². The van der Waals surface area contributed by atoms with Crippen LogP contribution < -0.4 is 11.2 Å². The van der Waals surface area contributed by atoms with Crippen LogP contribution in [0.2, 0.25) is 0 Å². The molecule has 0 aliphatic carbocycles. The minimum Gasteiger partial charge on any atom is -0.394 e. The summed E-state index contributed by atoms with van der Waals surface area (Å²) in [6, 6.07) is 0. The third-order valence-corrected chi connectivity index (χ3v) is 5.48. The van der Waals surface area contributed by atoms with Crippen LogP contribution in [0.15, 0.2) is 11.4 Å². The van der Waals surface area contributed by atoms with Crippen LogP contribution in [0, 0.1) is 5.92 Å². The number of hydrogen-bond acceptors (Lipinski definition) is 10. The molecule has 2 aromatic heterocycles. The molecule has 0 amide bonds. The van der Waals surface area contributed by atoms with Crippen LogP contribution >= 0.6 is 0 Å². The van der Waals surface area contributed by atoms with Gasteiger partial charge in [0.2, 0.25) is 5.95 Å². The van der Waals surface area contributed by atoms with E-state index in [9.17, 15) is 15.3 Å². The van der Waals surface area contributed by atoms with E-state index in [1.54, 1.807) is 0 Å². The number of hydrogen-bond donors (Lipinski definition) is 5. The lowest BCUT2D eigenvalue weighted by molar-refractivity contribution is -0.0511. The molecule has 5 atom stereocenters. The van der Waals surface area contributed by atoms with Crippen molar-refractivity contribution in [1.29, 1.82) is 0 Å². The fourth-order valence-corrected chi connectivity index (χ4v) is 3.57. The Morgan fingerprint density at radius 3 is 2.80 bits per heavy atom. The van der Waals surface area contributed by atoms with E-state index >= 15 is 0 Å². The summed E-state index contributed by atoms with van der Waals surface area (Å²) in [5, 5.41) is 33.8. The van der Waals surface area contributed by atoms with Gasteiger partial charge in [0.1, 0.15) is 23.8 Å². The largest absolute Gasteiger partial charge is 0.394 e. The summed E-state index contributed by atoms with van der Waals surface area (Å²) in [4.78, 5) is 12.7. The molecule has 0 spiro atoms. The Hall–Kier alpha value is -2.34. The number of hydrazone groups is 1. The van der Waals surface area contributed by atoms with Gasteiger partial charge in [-0.25, -0.2) is 10.4 Å². The molecule has 2 aromatic rings. The molecule has 166 valence electrons. The topological polar surface area (TPSA) is 164 Å². The Balaban J connectivity index is 1.75. The molecular weight excluding hydrogens is 390 g/mol. The number of aliphatic hydroxyl groups is 3. The van der Waals surface area contributed by atoms with E-state index < -0.39 is 31.1 Å². The van der Waals surface area contributed by atoms with Crippen molar-refractivity contribution in [2.45, 2.75) is 70.5 Å². The first-order valence-corrected chi connectivity index (χ1v) is 10.4. The second-order valence-corrected chi connectivity index (χ2v) is 7.56. The number of nitrogen functional groups attached to an aromatic ring is 1. The molecular formula is C19H31N7O4. The average Bonchev–Trinajstić information content (AvgIpc) is 3.29. The molecule has 11 nitrogen and oxygen atoms in total. The highest BCUT2D eigenvalue weighted by molar-refractivity contribution is 5.83. The Morgan fingerprint density at radius 1 is 1.33 bits per heavy atom. The molecule has 3 rings (SSSR count). The standard InChI is InChI=1S/C19H31N7O4/c1-3-5-6-11(4-2)7-8-22-25-19-23-16(20)13-17(24-19)26(10-21-13)18-15(29)14(28)12(9-27)30-18/h8,10-12,14-15,18,27-29H,3-7,9H2,1-2H3,(H3,20,23,24,25)/t11?,12-,14?,15?,18-/m1/s1. The van der Waals surface area contributed by atoms with Crippen LogP contribution in [0.3, 0.4) is 0 Å². The summed E-state index contributed by atoms with van der Waals surface area (Å²) in [7, 11) is 0. The molecule has 0 radical (unpaired) electrons. The number of aliphatic hydroxyl groups excluding tert-OH is 3. The number of nitrogens with zero attached hydrogens (tertiary/aromatic N) is 5. The molecule has 30 heavy (non-hydrogen) atoms. The van der Waals surface area contributed by atoms with Crippen molar-refractivity contribution < 1.29 is 20.1 Å². The zero-order chi connectivity index (χ0) is 21.7. The monoisotopic (exact) mass is 421 g/mol. The normalized spacial score (nSPS) is 25.4. The van der Waals surface area contributed by atoms with Crippen molar-refractivity contribution in [2.24, 2.45) is 11.0 Å². The van der Waals surface area contributed by atoms with Crippen molar-refractivity contribution in [3.63, 3.8) is 0 Å². The fourth-order valence-electron chi connectivity index (χ4n) is 3.57. The van der Waals surface area contributed by atoms with Gasteiger partial charge in [0.25, 0.3) is 0 Å². The van der Waals surface area contributed by atoms with Crippen molar-refractivity contribution >= 4 is 29.1 Å². The smallest absolute Gasteiger partial charge is 0.247 e. The summed E-state index contributed by atoms with van der Waals surface area (Å²) < 4.78 is 7.02. The van der Waals surface area contributed by atoms with Crippen LogP contribution in [-0.4, -0.2) is 66.0 Å². The van der Waals surface area contributed by atoms with Crippen LogP contribution in [-0.2, 0) is 4.74 Å². The Kier molecular flexibility index (Phi) is 7.53. The van der Waals surface area contributed by atoms with Gasteiger partial charge in [-0.05, 0) is 12.3 Å². The molecule has 1 fully saturated rings. The fraction of sp³-hybridized carbons (Fsp3) is 0.684. The highest BCUT2D eigenvalue weighted by Crippen LogP contribution is 2.32. The first kappa shape index (κ1) is 22.3. The van der Waals surface area contributed by atoms with Gasteiger partial charge in [0.05, 0.1) is 12.9 Å². The van der Waals surface area contributed by atoms with E-state index in [2.05, 4.69) is 39.3 Å². The number of unbranched alkanes of at least 4 members (excludes halogenated alkanes) is 1. The van der Waals surface area contributed by atoms with E-state index in [1.807, 2.05) is 6.21 Å². The van der Waals surface area contributed by atoms with E-state index in [4.69, 9.17) is 10.5 Å². The summed E-state index contributed by atoms with van der Waals surface area (Å²) in [6.45, 7) is 3.94. The Labute approximate surface area is 175 Å². The maximum absolute atomic E-state index is 10.3. The maximum Gasteiger partial charge on any atom is 0.247 e. The molecule has 11 heteroatoms. The molecule has 3 unspecified atom stereocenters. The first-order chi connectivity index (χ1) is 14.5. The van der Waals surface area contributed by atoms with Gasteiger partial charge in [-0.15, -0.1) is 0 Å². The summed E-state index contributed by atoms with van der Waals surface area (Å²) in [5.41, 5.74) is 9.46. The summed E-state index contributed by atoms with van der Waals surface area (Å²) in [6.07, 6.45) is 4.42. The number of imidazole rings is 1. The minimum atomic E-state index is -1.25. The predicted molar refractivity (Wildman–Crippen MR) is 113 cm³/mol. The zero-order valence-electron chi connectivity index (χ0n) is 17.3.